The van der Waals surface area contributed by atoms with E-state index in [-0.39, 0.29) is 0 Å². The molecular formula is C10H19N. The molecule has 0 bridgehead atoms. The van der Waals surface area contributed by atoms with Crippen molar-refractivity contribution < 1.29 is 0 Å². The lowest BCUT2D eigenvalue weighted by Gasteiger charge is -2.09. The molecule has 0 heterocycles. The maximum absolute atomic E-state index is 4.01. The molecule has 0 rings (SSSR count). The summed E-state index contributed by atoms with van der Waals surface area (Å²) in [4.78, 5) is 4.01. The van der Waals surface area contributed by atoms with Crippen LogP contribution in [0.25, 0.3) is 0 Å². The van der Waals surface area contributed by atoms with Crippen molar-refractivity contribution in [3.05, 3.63) is 11.8 Å². The van der Waals surface area contributed by atoms with Crippen LogP contribution < -0.4 is 0 Å². The number of hydrogen-bond donors (Lipinski definition) is 0. The molecule has 0 aromatic rings. The molecule has 0 aromatic heterocycles. The molecule has 0 saturated carbocycles. The highest BCUT2D eigenvalue weighted by Crippen LogP contribution is 2.16. The van der Waals surface area contributed by atoms with Crippen molar-refractivity contribution in [2.45, 2.75) is 34.1 Å². The second kappa shape index (κ2) is 5.11. The average Bonchev–Trinajstić information content (AvgIpc) is 1.98. The normalized spacial score (nSPS) is 15.2. The molecule has 0 spiro atoms. The first-order valence-corrected chi connectivity index (χ1v) is 4.30. The summed E-state index contributed by atoms with van der Waals surface area (Å²) >= 11 is 0. The highest BCUT2D eigenvalue weighted by Gasteiger charge is 2.03. The van der Waals surface area contributed by atoms with Gasteiger partial charge in [-0.1, -0.05) is 33.8 Å². The molecule has 64 valence electrons. The van der Waals surface area contributed by atoms with E-state index in [0.29, 0.717) is 11.8 Å². The van der Waals surface area contributed by atoms with Gasteiger partial charge in [0.15, 0.2) is 0 Å². The van der Waals surface area contributed by atoms with E-state index in [0.717, 1.165) is 12.1 Å². The molecule has 0 aliphatic carbocycles. The van der Waals surface area contributed by atoms with Gasteiger partial charge in [-0.3, -0.25) is 4.99 Å². The van der Waals surface area contributed by atoms with Crippen LogP contribution in [0.1, 0.15) is 34.1 Å². The predicted octanol–water partition coefficient (Wildman–Crippen LogP) is 3.27. The van der Waals surface area contributed by atoms with E-state index in [9.17, 15) is 0 Å². The minimum absolute atomic E-state index is 0.551. The lowest BCUT2D eigenvalue weighted by Crippen LogP contribution is -1.96. The van der Waals surface area contributed by atoms with Crippen molar-refractivity contribution in [2.75, 3.05) is 0 Å². The summed E-state index contributed by atoms with van der Waals surface area (Å²) in [5.74, 6) is 1.12. The fraction of sp³-hybridized carbons (Fsp3) is 0.700. The van der Waals surface area contributed by atoms with Crippen LogP contribution in [-0.2, 0) is 0 Å². The molecule has 0 amide bonds. The van der Waals surface area contributed by atoms with Crippen LogP contribution in [0, 0.1) is 11.8 Å². The number of rotatable bonds is 4. The number of aliphatic imine (C=N–C) groups is 1. The molecule has 1 heteroatoms. The van der Waals surface area contributed by atoms with Gasteiger partial charge in [0.1, 0.15) is 0 Å². The van der Waals surface area contributed by atoms with Gasteiger partial charge in [-0.15, -0.1) is 0 Å². The minimum atomic E-state index is 0.551. The minimum Gasteiger partial charge on any atom is -0.269 e. The molecule has 0 radical (unpaired) electrons. The monoisotopic (exact) mass is 153 g/mol. The Morgan fingerprint density at radius 1 is 1.45 bits per heavy atom. The van der Waals surface area contributed by atoms with E-state index < -0.39 is 0 Å². The first kappa shape index (κ1) is 10.4. The Bertz CT molecular complexity index is 145. The van der Waals surface area contributed by atoms with Gasteiger partial charge in [0.2, 0.25) is 0 Å². The predicted molar refractivity (Wildman–Crippen MR) is 51.9 cm³/mol. The van der Waals surface area contributed by atoms with Gasteiger partial charge >= 0.3 is 0 Å². The van der Waals surface area contributed by atoms with E-state index in [1.807, 2.05) is 0 Å². The average molecular weight is 153 g/mol. The van der Waals surface area contributed by atoms with Crippen molar-refractivity contribution in [1.82, 2.24) is 0 Å². The summed E-state index contributed by atoms with van der Waals surface area (Å²) in [5, 5.41) is 0. The van der Waals surface area contributed by atoms with Gasteiger partial charge in [0, 0.05) is 5.70 Å². The van der Waals surface area contributed by atoms with E-state index in [4.69, 9.17) is 0 Å². The van der Waals surface area contributed by atoms with Crippen molar-refractivity contribution >= 4 is 6.72 Å². The van der Waals surface area contributed by atoms with Gasteiger partial charge in [0.05, 0.1) is 0 Å². The molecule has 1 unspecified atom stereocenters. The maximum atomic E-state index is 4.01. The van der Waals surface area contributed by atoms with Crippen LogP contribution in [0.5, 0.6) is 0 Å². The SMILES string of the molecule is C=N/C(=C\C(C)C)C(C)CC. The molecule has 0 aromatic carbocycles. The van der Waals surface area contributed by atoms with E-state index in [1.165, 1.54) is 0 Å². The zero-order chi connectivity index (χ0) is 8.85. The zero-order valence-corrected chi connectivity index (χ0v) is 8.09. The molecular weight excluding hydrogens is 134 g/mol. The van der Waals surface area contributed by atoms with Crippen LogP contribution in [0.15, 0.2) is 16.8 Å². The summed E-state index contributed by atoms with van der Waals surface area (Å²) in [7, 11) is 0. The van der Waals surface area contributed by atoms with Crippen molar-refractivity contribution in [3.8, 4) is 0 Å². The Kier molecular flexibility index (Phi) is 4.84. The maximum Gasteiger partial charge on any atom is 0.0387 e. The third kappa shape index (κ3) is 3.97. The molecule has 1 atom stereocenters. The number of allylic oxidation sites excluding steroid dienone is 2. The van der Waals surface area contributed by atoms with Gasteiger partial charge in [-0.2, -0.15) is 0 Å². The second-order valence-corrected chi connectivity index (χ2v) is 3.30. The van der Waals surface area contributed by atoms with Crippen LogP contribution in [-0.4, -0.2) is 6.72 Å². The fourth-order valence-corrected chi connectivity index (χ4v) is 0.923. The van der Waals surface area contributed by atoms with Crippen LogP contribution >= 0.6 is 0 Å². The fourth-order valence-electron chi connectivity index (χ4n) is 0.923. The third-order valence-corrected chi connectivity index (χ3v) is 1.80. The van der Waals surface area contributed by atoms with Crippen LogP contribution in [0.3, 0.4) is 0 Å². The number of hydrogen-bond acceptors (Lipinski definition) is 1. The molecule has 0 N–H and O–H groups in total. The molecule has 0 fully saturated rings. The first-order chi connectivity index (χ1) is 5.11. The lowest BCUT2D eigenvalue weighted by molar-refractivity contribution is 0.636. The summed E-state index contributed by atoms with van der Waals surface area (Å²) in [5.41, 5.74) is 1.14. The molecule has 1 nitrogen and oxygen atoms in total. The number of nitrogens with zero attached hydrogens (tertiary/aromatic N) is 1. The Balaban J connectivity index is 4.26. The summed E-state index contributed by atoms with van der Waals surface area (Å²) in [6.45, 7) is 12.2. The van der Waals surface area contributed by atoms with Crippen molar-refractivity contribution in [2.24, 2.45) is 16.8 Å². The first-order valence-electron chi connectivity index (χ1n) is 4.30. The molecule has 0 aliphatic heterocycles. The Morgan fingerprint density at radius 3 is 2.27 bits per heavy atom. The highest BCUT2D eigenvalue weighted by molar-refractivity contribution is 5.29. The van der Waals surface area contributed by atoms with Gasteiger partial charge < -0.3 is 0 Å². The second-order valence-electron chi connectivity index (χ2n) is 3.30. The van der Waals surface area contributed by atoms with Gasteiger partial charge in [-0.25, -0.2) is 0 Å². The largest absolute Gasteiger partial charge is 0.269 e. The van der Waals surface area contributed by atoms with E-state index >= 15 is 0 Å². The quantitative estimate of drug-likeness (QED) is 0.550. The zero-order valence-electron chi connectivity index (χ0n) is 8.09. The molecule has 11 heavy (non-hydrogen) atoms. The highest BCUT2D eigenvalue weighted by atomic mass is 14.7. The Labute approximate surface area is 70.2 Å². The molecule has 0 aliphatic rings. The van der Waals surface area contributed by atoms with Crippen LogP contribution in [0.2, 0.25) is 0 Å². The summed E-state index contributed by atoms with van der Waals surface area (Å²) in [6.07, 6.45) is 3.32. The van der Waals surface area contributed by atoms with Gasteiger partial charge in [0.25, 0.3) is 0 Å². The standard InChI is InChI=1S/C10H19N/c1-6-9(4)10(11-5)7-8(2)3/h7-9H,5-6H2,1-4H3/b10-7-. The van der Waals surface area contributed by atoms with Gasteiger partial charge in [-0.05, 0) is 25.0 Å². The van der Waals surface area contributed by atoms with Crippen molar-refractivity contribution in [1.29, 1.82) is 0 Å². The third-order valence-electron chi connectivity index (χ3n) is 1.80. The van der Waals surface area contributed by atoms with Crippen LogP contribution in [0.4, 0.5) is 0 Å². The Morgan fingerprint density at radius 2 is 2.00 bits per heavy atom. The Hall–Kier alpha value is -0.590. The van der Waals surface area contributed by atoms with E-state index in [1.54, 1.807) is 0 Å². The summed E-state index contributed by atoms with van der Waals surface area (Å²) in [6, 6.07) is 0. The topological polar surface area (TPSA) is 12.4 Å². The van der Waals surface area contributed by atoms with E-state index in [2.05, 4.69) is 45.5 Å². The summed E-state index contributed by atoms with van der Waals surface area (Å²) < 4.78 is 0. The smallest absolute Gasteiger partial charge is 0.0387 e. The lowest BCUT2D eigenvalue weighted by atomic mass is 10.0. The molecule has 0 saturated heterocycles. The van der Waals surface area contributed by atoms with Crippen molar-refractivity contribution in [3.63, 3.8) is 0 Å².